The number of benzene rings is 7. The van der Waals surface area contributed by atoms with Gasteiger partial charge in [-0.2, -0.15) is 0 Å². The quantitative estimate of drug-likeness (QED) is 0.190. The van der Waals surface area contributed by atoms with Crippen LogP contribution >= 0.6 is 0 Å². The van der Waals surface area contributed by atoms with Crippen molar-refractivity contribution in [3.05, 3.63) is 164 Å². The molecule has 47 heavy (non-hydrogen) atoms. The van der Waals surface area contributed by atoms with Crippen molar-refractivity contribution >= 4 is 59.9 Å². The first-order valence-electron chi connectivity index (χ1n) is 16.0. The van der Waals surface area contributed by atoms with Crippen LogP contribution < -0.4 is 0 Å². The molecule has 0 bridgehead atoms. The van der Waals surface area contributed by atoms with Crippen LogP contribution in [0.25, 0.3) is 93.4 Å². The van der Waals surface area contributed by atoms with Crippen molar-refractivity contribution in [3.8, 4) is 33.5 Å². The molecule has 3 aromatic heterocycles. The van der Waals surface area contributed by atoms with E-state index in [1.807, 2.05) is 24.4 Å². The second-order valence-corrected chi connectivity index (χ2v) is 12.2. The van der Waals surface area contributed by atoms with E-state index in [2.05, 4.69) is 144 Å². The van der Waals surface area contributed by atoms with Gasteiger partial charge < -0.3 is 0 Å². The number of rotatable bonds is 3. The lowest BCUT2D eigenvalue weighted by Crippen LogP contribution is -1.93. The molecule has 0 fully saturated rings. The molecule has 3 heterocycles. The minimum atomic E-state index is 0.871. The lowest BCUT2D eigenvalue weighted by atomic mass is 9.85. The Labute approximate surface area is 271 Å². The molecule has 3 heteroatoms. The minimum Gasteiger partial charge on any atom is -0.284 e. The molecular formula is C44H27N3. The van der Waals surface area contributed by atoms with E-state index >= 15 is 0 Å². The van der Waals surface area contributed by atoms with Gasteiger partial charge in [0, 0.05) is 22.5 Å². The molecule has 0 saturated carbocycles. The zero-order chi connectivity index (χ0) is 30.9. The number of pyridine rings is 2. The predicted molar refractivity (Wildman–Crippen MR) is 197 cm³/mol. The molecule has 0 aliphatic rings. The maximum atomic E-state index is 5.30. The first-order chi connectivity index (χ1) is 23.3. The van der Waals surface area contributed by atoms with E-state index in [0.717, 1.165) is 38.8 Å². The Morgan fingerprint density at radius 3 is 1.68 bits per heavy atom. The van der Waals surface area contributed by atoms with Crippen molar-refractivity contribution in [2.75, 3.05) is 0 Å². The molecule has 3 nitrogen and oxygen atoms in total. The second-order valence-electron chi connectivity index (χ2n) is 12.2. The van der Waals surface area contributed by atoms with Crippen molar-refractivity contribution in [1.82, 2.24) is 14.4 Å². The Bertz CT molecular complexity index is 2800. The zero-order valence-electron chi connectivity index (χ0n) is 25.4. The summed E-state index contributed by atoms with van der Waals surface area (Å²) in [5.41, 5.74) is 9.65. The molecule has 10 aromatic rings. The number of nitrogens with zero attached hydrogens (tertiary/aromatic N) is 3. The summed E-state index contributed by atoms with van der Waals surface area (Å²) in [4.78, 5) is 10.3. The summed E-state index contributed by atoms with van der Waals surface area (Å²) >= 11 is 0. The molecule has 0 amide bonds. The number of imidazole rings is 1. The van der Waals surface area contributed by atoms with Crippen LogP contribution in [0, 0.1) is 0 Å². The topological polar surface area (TPSA) is 30.2 Å². The van der Waals surface area contributed by atoms with Gasteiger partial charge in [-0.25, -0.2) is 9.97 Å². The third-order valence-electron chi connectivity index (χ3n) is 9.55. The highest BCUT2D eigenvalue weighted by atomic mass is 15.1. The second kappa shape index (κ2) is 10.1. The molecule has 0 N–H and O–H groups in total. The van der Waals surface area contributed by atoms with Gasteiger partial charge >= 0.3 is 0 Å². The Morgan fingerprint density at radius 1 is 0.383 bits per heavy atom. The molecule has 0 radical (unpaired) electrons. The Kier molecular flexibility index (Phi) is 5.57. The fourth-order valence-electron chi connectivity index (χ4n) is 7.47. The molecule has 10 rings (SSSR count). The highest BCUT2D eigenvalue weighted by Crippen LogP contribution is 2.45. The average molecular weight is 598 g/mol. The van der Waals surface area contributed by atoms with Gasteiger partial charge in [-0.1, -0.05) is 133 Å². The number of hydrogen-bond donors (Lipinski definition) is 0. The molecule has 0 saturated heterocycles. The Hall–Kier alpha value is -6.32. The fraction of sp³-hybridized carbons (Fsp3) is 0. The van der Waals surface area contributed by atoms with Crippen molar-refractivity contribution in [3.63, 3.8) is 0 Å². The van der Waals surface area contributed by atoms with Crippen LogP contribution in [-0.2, 0) is 0 Å². The van der Waals surface area contributed by atoms with Gasteiger partial charge in [0.15, 0.2) is 5.65 Å². The lowest BCUT2D eigenvalue weighted by Gasteiger charge is -2.18. The standard InChI is InChI=1S/C44H27N3/c1-2-13-29-26-31(24-23-28(29)12-1)41-35-18-5-3-16-33(35)40(34-17-4-6-19-36(34)41)30-14-11-15-32(27-30)42-37-20-7-8-21-38(37)43-44(46-42)47-25-10-9-22-39(47)45-43/h1-27H. The van der Waals surface area contributed by atoms with Gasteiger partial charge in [0.05, 0.1) is 5.69 Å². The summed E-state index contributed by atoms with van der Waals surface area (Å²) in [7, 11) is 0. The van der Waals surface area contributed by atoms with Gasteiger partial charge in [-0.3, -0.25) is 4.40 Å². The van der Waals surface area contributed by atoms with Crippen LogP contribution in [0.1, 0.15) is 0 Å². The zero-order valence-corrected chi connectivity index (χ0v) is 25.4. The first kappa shape index (κ1) is 26.0. The third-order valence-corrected chi connectivity index (χ3v) is 9.55. The van der Waals surface area contributed by atoms with Crippen molar-refractivity contribution in [2.45, 2.75) is 0 Å². The molecule has 0 aliphatic heterocycles. The van der Waals surface area contributed by atoms with Gasteiger partial charge in [0.25, 0.3) is 0 Å². The van der Waals surface area contributed by atoms with E-state index in [1.165, 1.54) is 54.6 Å². The molecule has 0 spiro atoms. The summed E-state index contributed by atoms with van der Waals surface area (Å²) < 4.78 is 2.08. The Balaban J connectivity index is 1.25. The summed E-state index contributed by atoms with van der Waals surface area (Å²) in [5, 5.41) is 9.68. The fourth-order valence-corrected chi connectivity index (χ4v) is 7.47. The smallest absolute Gasteiger partial charge is 0.165 e. The maximum Gasteiger partial charge on any atom is 0.165 e. The van der Waals surface area contributed by atoms with Crippen molar-refractivity contribution in [1.29, 1.82) is 0 Å². The Morgan fingerprint density at radius 2 is 0.957 bits per heavy atom. The van der Waals surface area contributed by atoms with E-state index < -0.39 is 0 Å². The molecular weight excluding hydrogens is 571 g/mol. The highest BCUT2D eigenvalue weighted by Gasteiger charge is 2.19. The third kappa shape index (κ3) is 3.93. The maximum absolute atomic E-state index is 5.30. The van der Waals surface area contributed by atoms with Crippen LogP contribution in [0.2, 0.25) is 0 Å². The predicted octanol–water partition coefficient (Wildman–Crippen LogP) is 11.5. The number of hydrogen-bond acceptors (Lipinski definition) is 2. The van der Waals surface area contributed by atoms with E-state index in [1.54, 1.807) is 0 Å². The molecule has 0 aliphatic carbocycles. The monoisotopic (exact) mass is 597 g/mol. The number of aromatic nitrogens is 3. The number of fused-ring (bicyclic) bond motifs is 8. The molecule has 218 valence electrons. The van der Waals surface area contributed by atoms with Crippen LogP contribution in [0.4, 0.5) is 0 Å². The highest BCUT2D eigenvalue weighted by molar-refractivity contribution is 6.22. The van der Waals surface area contributed by atoms with Crippen LogP contribution in [0.5, 0.6) is 0 Å². The van der Waals surface area contributed by atoms with Crippen LogP contribution in [-0.4, -0.2) is 14.4 Å². The van der Waals surface area contributed by atoms with Crippen LogP contribution in [0.3, 0.4) is 0 Å². The van der Waals surface area contributed by atoms with Crippen LogP contribution in [0.15, 0.2) is 164 Å². The van der Waals surface area contributed by atoms with E-state index in [9.17, 15) is 0 Å². The molecule has 7 aromatic carbocycles. The van der Waals surface area contributed by atoms with Gasteiger partial charge in [-0.15, -0.1) is 0 Å². The summed E-state index contributed by atoms with van der Waals surface area (Å²) in [6, 6.07) is 56.6. The lowest BCUT2D eigenvalue weighted by molar-refractivity contribution is 1.19. The van der Waals surface area contributed by atoms with Gasteiger partial charge in [0.2, 0.25) is 0 Å². The molecule has 0 unspecified atom stereocenters. The normalized spacial score (nSPS) is 11.8. The molecule has 0 atom stereocenters. The van der Waals surface area contributed by atoms with E-state index in [-0.39, 0.29) is 0 Å². The van der Waals surface area contributed by atoms with E-state index in [0.29, 0.717) is 0 Å². The van der Waals surface area contributed by atoms with Crippen molar-refractivity contribution in [2.24, 2.45) is 0 Å². The summed E-state index contributed by atoms with van der Waals surface area (Å²) in [6.45, 7) is 0. The minimum absolute atomic E-state index is 0.871. The largest absolute Gasteiger partial charge is 0.284 e. The van der Waals surface area contributed by atoms with Gasteiger partial charge in [0.1, 0.15) is 11.2 Å². The SMILES string of the molecule is c1cc(-c2c3ccccc3c(-c3ccc4ccccc4c3)c3ccccc23)cc(-c2nc3c(nc4ccccn43)c3ccccc23)c1. The average Bonchev–Trinajstić information content (AvgIpc) is 3.52. The van der Waals surface area contributed by atoms with Crippen molar-refractivity contribution < 1.29 is 0 Å². The summed E-state index contributed by atoms with van der Waals surface area (Å²) in [5.74, 6) is 0. The van der Waals surface area contributed by atoms with Gasteiger partial charge in [-0.05, 0) is 78.8 Å². The first-order valence-corrected chi connectivity index (χ1v) is 16.0. The van der Waals surface area contributed by atoms with E-state index in [4.69, 9.17) is 9.97 Å². The summed E-state index contributed by atoms with van der Waals surface area (Å²) in [6.07, 6.45) is 2.04.